The lowest BCUT2D eigenvalue weighted by Crippen LogP contribution is -1.93. The van der Waals surface area contributed by atoms with Gasteiger partial charge < -0.3 is 10.7 Å². The van der Waals surface area contributed by atoms with Gasteiger partial charge >= 0.3 is 0 Å². The van der Waals surface area contributed by atoms with Crippen LogP contribution in [0.25, 0.3) is 27.9 Å². The van der Waals surface area contributed by atoms with Crippen LogP contribution >= 0.6 is 0 Å². The second-order valence-corrected chi connectivity index (χ2v) is 4.21. The van der Waals surface area contributed by atoms with Gasteiger partial charge in [-0.05, 0) is 29.3 Å². The molecule has 0 saturated carbocycles. The van der Waals surface area contributed by atoms with Gasteiger partial charge in [-0.2, -0.15) is 0 Å². The fourth-order valence-corrected chi connectivity index (χ4v) is 2.06. The largest absolute Gasteiger partial charge is 0.399 e. The highest BCUT2D eigenvalue weighted by Crippen LogP contribution is 2.28. The molecule has 1 aromatic carbocycles. The van der Waals surface area contributed by atoms with Gasteiger partial charge in [0.25, 0.3) is 0 Å². The van der Waals surface area contributed by atoms with Crippen LogP contribution in [0.4, 0.5) is 0 Å². The van der Waals surface area contributed by atoms with E-state index in [9.17, 15) is 0 Å². The molecule has 0 spiro atoms. The number of pyridine rings is 1. The third-order valence-corrected chi connectivity index (χ3v) is 2.98. The summed E-state index contributed by atoms with van der Waals surface area (Å²) in [5, 5.41) is 0. The monoisotopic (exact) mass is 235 g/mol. The predicted octanol–water partition coefficient (Wildman–Crippen LogP) is 3.16. The van der Waals surface area contributed by atoms with E-state index >= 15 is 0 Å². The smallest absolute Gasteiger partial charge is 0.0957 e. The molecule has 0 amide bonds. The molecule has 0 aliphatic rings. The molecule has 3 nitrogen and oxygen atoms in total. The van der Waals surface area contributed by atoms with Crippen molar-refractivity contribution < 1.29 is 0 Å². The van der Waals surface area contributed by atoms with E-state index in [1.54, 1.807) is 6.20 Å². The number of fused-ring (bicyclic) bond motifs is 1. The SMILES string of the molecule is C=C(N)c1cccc(-c2c[nH]c3cccnc23)c1. The molecule has 18 heavy (non-hydrogen) atoms. The highest BCUT2D eigenvalue weighted by molar-refractivity contribution is 5.92. The first-order valence-corrected chi connectivity index (χ1v) is 5.73. The second-order valence-electron chi connectivity index (χ2n) is 4.21. The third-order valence-electron chi connectivity index (χ3n) is 2.98. The van der Waals surface area contributed by atoms with Crippen LogP contribution in [0, 0.1) is 0 Å². The summed E-state index contributed by atoms with van der Waals surface area (Å²) in [6.45, 7) is 3.76. The Bertz CT molecular complexity index is 725. The Hall–Kier alpha value is -2.55. The maximum atomic E-state index is 5.73. The summed E-state index contributed by atoms with van der Waals surface area (Å²) >= 11 is 0. The van der Waals surface area contributed by atoms with Crippen LogP contribution in [0.5, 0.6) is 0 Å². The molecule has 0 aliphatic heterocycles. The van der Waals surface area contributed by atoms with Crippen molar-refractivity contribution in [3.63, 3.8) is 0 Å². The average Bonchev–Trinajstić information content (AvgIpc) is 2.82. The Kier molecular flexibility index (Phi) is 2.38. The summed E-state index contributed by atoms with van der Waals surface area (Å²) in [5.41, 5.74) is 11.4. The number of nitrogens with one attached hydrogen (secondary N) is 1. The Labute approximate surface area is 105 Å². The first-order chi connectivity index (χ1) is 8.75. The highest BCUT2D eigenvalue weighted by Gasteiger charge is 2.07. The maximum Gasteiger partial charge on any atom is 0.0957 e. The van der Waals surface area contributed by atoms with E-state index < -0.39 is 0 Å². The van der Waals surface area contributed by atoms with E-state index in [1.807, 2.05) is 42.6 Å². The van der Waals surface area contributed by atoms with E-state index in [0.29, 0.717) is 5.70 Å². The number of nitrogens with zero attached hydrogens (tertiary/aromatic N) is 1. The van der Waals surface area contributed by atoms with Crippen molar-refractivity contribution >= 4 is 16.7 Å². The van der Waals surface area contributed by atoms with Gasteiger partial charge in [0.1, 0.15) is 0 Å². The van der Waals surface area contributed by atoms with E-state index in [-0.39, 0.29) is 0 Å². The molecule has 3 heteroatoms. The zero-order chi connectivity index (χ0) is 12.5. The first kappa shape index (κ1) is 10.6. The molecular weight excluding hydrogens is 222 g/mol. The summed E-state index contributed by atoms with van der Waals surface area (Å²) < 4.78 is 0. The van der Waals surface area contributed by atoms with E-state index in [4.69, 9.17) is 5.73 Å². The van der Waals surface area contributed by atoms with Crippen LogP contribution in [0.1, 0.15) is 5.56 Å². The number of aromatic amines is 1. The van der Waals surface area contributed by atoms with Crippen LogP contribution in [0.3, 0.4) is 0 Å². The topological polar surface area (TPSA) is 54.7 Å². The number of hydrogen-bond donors (Lipinski definition) is 2. The van der Waals surface area contributed by atoms with Gasteiger partial charge in [-0.15, -0.1) is 0 Å². The van der Waals surface area contributed by atoms with Crippen molar-refractivity contribution in [1.82, 2.24) is 9.97 Å². The number of H-pyrrole nitrogens is 1. The number of aromatic nitrogens is 2. The summed E-state index contributed by atoms with van der Waals surface area (Å²) in [5.74, 6) is 0. The van der Waals surface area contributed by atoms with Crippen molar-refractivity contribution in [2.24, 2.45) is 5.73 Å². The van der Waals surface area contributed by atoms with Crippen molar-refractivity contribution in [2.45, 2.75) is 0 Å². The molecule has 0 bridgehead atoms. The lowest BCUT2D eigenvalue weighted by Gasteiger charge is -2.03. The first-order valence-electron chi connectivity index (χ1n) is 5.73. The molecule has 0 atom stereocenters. The van der Waals surface area contributed by atoms with Crippen LogP contribution < -0.4 is 5.73 Å². The molecule has 0 aliphatic carbocycles. The van der Waals surface area contributed by atoms with E-state index in [2.05, 4.69) is 16.5 Å². The maximum absolute atomic E-state index is 5.73. The van der Waals surface area contributed by atoms with Gasteiger partial charge in [0.05, 0.1) is 11.0 Å². The summed E-state index contributed by atoms with van der Waals surface area (Å²) in [6.07, 6.45) is 3.77. The zero-order valence-electron chi connectivity index (χ0n) is 9.85. The molecule has 88 valence electrons. The van der Waals surface area contributed by atoms with Crippen LogP contribution in [0.15, 0.2) is 55.4 Å². The minimum Gasteiger partial charge on any atom is -0.399 e. The number of rotatable bonds is 2. The Morgan fingerprint density at radius 3 is 2.94 bits per heavy atom. The molecule has 0 saturated heterocycles. The minimum absolute atomic E-state index is 0.574. The van der Waals surface area contributed by atoms with Crippen LogP contribution in [-0.2, 0) is 0 Å². The molecule has 2 heterocycles. The molecule has 3 N–H and O–H groups in total. The normalized spacial score (nSPS) is 10.7. The molecule has 2 aromatic heterocycles. The summed E-state index contributed by atoms with van der Waals surface area (Å²) in [7, 11) is 0. The molecule has 3 aromatic rings. The third kappa shape index (κ3) is 1.66. The molecule has 0 fully saturated rings. The standard InChI is InChI=1S/C15H13N3/c1-10(16)11-4-2-5-12(8-11)13-9-18-14-6-3-7-17-15(13)14/h2-9,18H,1,16H2. The fraction of sp³-hybridized carbons (Fsp3) is 0. The van der Waals surface area contributed by atoms with Crippen LogP contribution in [-0.4, -0.2) is 9.97 Å². The number of benzene rings is 1. The van der Waals surface area contributed by atoms with Gasteiger partial charge in [-0.25, -0.2) is 0 Å². The predicted molar refractivity (Wildman–Crippen MR) is 74.8 cm³/mol. The number of nitrogens with two attached hydrogens (primary N) is 1. The summed E-state index contributed by atoms with van der Waals surface area (Å²) in [4.78, 5) is 7.63. The minimum atomic E-state index is 0.574. The van der Waals surface area contributed by atoms with Crippen LogP contribution in [0.2, 0.25) is 0 Å². The van der Waals surface area contributed by atoms with Gasteiger partial charge in [-0.3, -0.25) is 4.98 Å². The van der Waals surface area contributed by atoms with Crippen molar-refractivity contribution in [3.8, 4) is 11.1 Å². The van der Waals surface area contributed by atoms with Gasteiger partial charge in [-0.1, -0.05) is 24.8 Å². The quantitative estimate of drug-likeness (QED) is 0.716. The zero-order valence-corrected chi connectivity index (χ0v) is 9.85. The van der Waals surface area contributed by atoms with Crippen molar-refractivity contribution in [2.75, 3.05) is 0 Å². The Morgan fingerprint density at radius 1 is 1.22 bits per heavy atom. The van der Waals surface area contributed by atoms with E-state index in [0.717, 1.165) is 27.7 Å². The molecule has 0 unspecified atom stereocenters. The van der Waals surface area contributed by atoms with Gasteiger partial charge in [0, 0.05) is 23.7 Å². The Balaban J connectivity index is 2.20. The summed E-state index contributed by atoms with van der Waals surface area (Å²) in [6, 6.07) is 11.9. The average molecular weight is 235 g/mol. The number of hydrogen-bond acceptors (Lipinski definition) is 2. The van der Waals surface area contributed by atoms with E-state index in [1.165, 1.54) is 0 Å². The van der Waals surface area contributed by atoms with Gasteiger partial charge in [0.15, 0.2) is 0 Å². The molecule has 0 radical (unpaired) electrons. The van der Waals surface area contributed by atoms with Gasteiger partial charge in [0.2, 0.25) is 0 Å². The lowest BCUT2D eigenvalue weighted by molar-refractivity contribution is 1.41. The van der Waals surface area contributed by atoms with Crippen molar-refractivity contribution in [3.05, 3.63) is 60.9 Å². The molecular formula is C15H13N3. The Morgan fingerprint density at radius 2 is 2.11 bits per heavy atom. The van der Waals surface area contributed by atoms with Crippen molar-refractivity contribution in [1.29, 1.82) is 0 Å². The second kappa shape index (κ2) is 4.04. The highest BCUT2D eigenvalue weighted by atomic mass is 14.8. The lowest BCUT2D eigenvalue weighted by atomic mass is 10.0. The molecule has 3 rings (SSSR count). The fourth-order valence-electron chi connectivity index (χ4n) is 2.06.